The molecule has 0 unspecified atom stereocenters. The summed E-state index contributed by atoms with van der Waals surface area (Å²) in [5.74, 6) is -0.0998. The number of hydrogen-bond donors (Lipinski definition) is 2. The Balaban J connectivity index is 1.88. The van der Waals surface area contributed by atoms with E-state index < -0.39 is 0 Å². The predicted octanol–water partition coefficient (Wildman–Crippen LogP) is 4.16. The van der Waals surface area contributed by atoms with E-state index in [0.717, 1.165) is 0 Å². The van der Waals surface area contributed by atoms with Gasteiger partial charge in [0.15, 0.2) is 0 Å². The highest BCUT2D eigenvalue weighted by atomic mass is 35.5. The molecule has 0 aliphatic carbocycles. The molecule has 2 amide bonds. The molecule has 2 N–H and O–H groups in total. The minimum atomic E-state index is -0.305. The molecule has 27 heavy (non-hydrogen) atoms. The largest absolute Gasteiger partial charge is 0.495 e. The van der Waals surface area contributed by atoms with Crippen molar-refractivity contribution >= 4 is 58.0 Å². The number of amides is 2. The number of carbonyl (C=O) groups excluding carboxylic acids is 2. The molecule has 0 atom stereocenters. The highest BCUT2D eigenvalue weighted by molar-refractivity contribution is 6.42. The number of hydrogen-bond acceptors (Lipinski definition) is 4. The van der Waals surface area contributed by atoms with Gasteiger partial charge in [-0.05, 0) is 43.4 Å². The summed E-state index contributed by atoms with van der Waals surface area (Å²) in [6.07, 6.45) is 0. The number of likely N-dealkylation sites (N-methyl/N-ethyl adjacent to an activating group) is 1. The molecule has 0 aromatic heterocycles. The van der Waals surface area contributed by atoms with Crippen LogP contribution in [-0.2, 0) is 9.59 Å². The van der Waals surface area contributed by atoms with Crippen LogP contribution < -0.4 is 15.4 Å². The van der Waals surface area contributed by atoms with Gasteiger partial charge >= 0.3 is 0 Å². The third-order valence-electron chi connectivity index (χ3n) is 3.47. The van der Waals surface area contributed by atoms with Gasteiger partial charge in [0.05, 0.1) is 35.9 Å². The first kappa shape index (κ1) is 21.3. The Hall–Kier alpha value is -1.99. The molecule has 0 aliphatic rings. The molecular formula is C18H18Cl3N3O3. The van der Waals surface area contributed by atoms with Gasteiger partial charge in [0.25, 0.3) is 0 Å². The lowest BCUT2D eigenvalue weighted by Crippen LogP contribution is -2.36. The topological polar surface area (TPSA) is 70.7 Å². The molecule has 9 heteroatoms. The van der Waals surface area contributed by atoms with Crippen LogP contribution in [0.25, 0.3) is 0 Å². The smallest absolute Gasteiger partial charge is 0.238 e. The first-order valence-electron chi connectivity index (χ1n) is 7.85. The van der Waals surface area contributed by atoms with Gasteiger partial charge in [0, 0.05) is 10.7 Å². The number of carbonyl (C=O) groups is 2. The van der Waals surface area contributed by atoms with Crippen molar-refractivity contribution in [1.29, 1.82) is 0 Å². The zero-order valence-corrected chi connectivity index (χ0v) is 17.0. The first-order valence-corrected chi connectivity index (χ1v) is 8.98. The van der Waals surface area contributed by atoms with Crippen LogP contribution >= 0.6 is 34.8 Å². The third-order valence-corrected chi connectivity index (χ3v) is 4.44. The SMILES string of the molecule is COc1ccc(Cl)cc1NC(=O)CN(C)CC(=O)Nc1ccc(Cl)c(Cl)c1. The Morgan fingerprint density at radius 3 is 2.26 bits per heavy atom. The lowest BCUT2D eigenvalue weighted by atomic mass is 10.3. The van der Waals surface area contributed by atoms with Crippen LogP contribution in [0.5, 0.6) is 5.75 Å². The van der Waals surface area contributed by atoms with E-state index in [1.165, 1.54) is 7.11 Å². The van der Waals surface area contributed by atoms with Gasteiger partial charge in [-0.3, -0.25) is 14.5 Å². The number of methoxy groups -OCH3 is 1. The molecule has 0 radical (unpaired) electrons. The second kappa shape index (κ2) is 9.80. The van der Waals surface area contributed by atoms with Gasteiger partial charge in [0.2, 0.25) is 11.8 Å². The van der Waals surface area contributed by atoms with Crippen molar-refractivity contribution in [3.63, 3.8) is 0 Å². The van der Waals surface area contributed by atoms with E-state index in [1.54, 1.807) is 48.3 Å². The van der Waals surface area contributed by atoms with Crippen LogP contribution in [0, 0.1) is 0 Å². The number of benzene rings is 2. The van der Waals surface area contributed by atoms with E-state index in [2.05, 4.69) is 10.6 Å². The van der Waals surface area contributed by atoms with Gasteiger partial charge < -0.3 is 15.4 Å². The Labute approximate surface area is 172 Å². The number of rotatable bonds is 7. The minimum absolute atomic E-state index is 0.00443. The van der Waals surface area contributed by atoms with Crippen LogP contribution in [-0.4, -0.2) is 44.0 Å². The fourth-order valence-electron chi connectivity index (χ4n) is 2.29. The molecule has 0 heterocycles. The summed E-state index contributed by atoms with van der Waals surface area (Å²) >= 11 is 17.7. The van der Waals surface area contributed by atoms with Crippen molar-refractivity contribution in [3.05, 3.63) is 51.5 Å². The van der Waals surface area contributed by atoms with Crippen LogP contribution in [0.2, 0.25) is 15.1 Å². The molecule has 2 aromatic rings. The Bertz CT molecular complexity index is 846. The molecular weight excluding hydrogens is 413 g/mol. The lowest BCUT2D eigenvalue weighted by Gasteiger charge is -2.17. The maximum atomic E-state index is 12.2. The molecule has 2 rings (SSSR count). The quantitative estimate of drug-likeness (QED) is 0.692. The zero-order chi connectivity index (χ0) is 20.0. The average molecular weight is 431 g/mol. The van der Waals surface area contributed by atoms with Crippen molar-refractivity contribution in [2.75, 3.05) is 37.9 Å². The number of anilines is 2. The van der Waals surface area contributed by atoms with Crippen molar-refractivity contribution in [2.24, 2.45) is 0 Å². The van der Waals surface area contributed by atoms with E-state index in [4.69, 9.17) is 39.5 Å². The summed E-state index contributed by atoms with van der Waals surface area (Å²) in [4.78, 5) is 25.9. The summed E-state index contributed by atoms with van der Waals surface area (Å²) in [7, 11) is 3.15. The average Bonchev–Trinajstić information content (AvgIpc) is 2.58. The number of halogens is 3. The molecule has 0 aliphatic heterocycles. The van der Waals surface area contributed by atoms with Crippen LogP contribution in [0.3, 0.4) is 0 Å². The molecule has 0 spiro atoms. The Morgan fingerprint density at radius 2 is 1.63 bits per heavy atom. The molecule has 0 fully saturated rings. The molecule has 0 saturated heterocycles. The van der Waals surface area contributed by atoms with Crippen molar-refractivity contribution < 1.29 is 14.3 Å². The van der Waals surface area contributed by atoms with Crippen molar-refractivity contribution in [1.82, 2.24) is 4.90 Å². The Morgan fingerprint density at radius 1 is 0.963 bits per heavy atom. The number of nitrogens with one attached hydrogen (secondary N) is 2. The van der Waals surface area contributed by atoms with Crippen LogP contribution in [0.4, 0.5) is 11.4 Å². The second-order valence-corrected chi connectivity index (χ2v) is 6.99. The summed E-state index contributed by atoms with van der Waals surface area (Å²) in [6.45, 7) is 0.0187. The molecule has 0 bridgehead atoms. The normalized spacial score (nSPS) is 10.6. The molecule has 144 valence electrons. The van der Waals surface area contributed by atoms with E-state index in [1.807, 2.05) is 0 Å². The van der Waals surface area contributed by atoms with Gasteiger partial charge in [-0.1, -0.05) is 34.8 Å². The lowest BCUT2D eigenvalue weighted by molar-refractivity contribution is -0.119. The summed E-state index contributed by atoms with van der Waals surface area (Å²) < 4.78 is 5.18. The molecule has 0 saturated carbocycles. The van der Waals surface area contributed by atoms with Gasteiger partial charge in [0.1, 0.15) is 5.75 Å². The monoisotopic (exact) mass is 429 g/mol. The fraction of sp³-hybridized carbons (Fsp3) is 0.222. The van der Waals surface area contributed by atoms with Gasteiger partial charge in [-0.15, -0.1) is 0 Å². The van der Waals surface area contributed by atoms with E-state index >= 15 is 0 Å². The van der Waals surface area contributed by atoms with Crippen molar-refractivity contribution in [2.45, 2.75) is 0 Å². The highest BCUT2D eigenvalue weighted by Crippen LogP contribution is 2.27. The van der Waals surface area contributed by atoms with E-state index in [-0.39, 0.29) is 24.9 Å². The van der Waals surface area contributed by atoms with Crippen LogP contribution in [0.1, 0.15) is 0 Å². The molecule has 2 aromatic carbocycles. The summed E-state index contributed by atoms with van der Waals surface area (Å²) in [5.41, 5.74) is 0.986. The summed E-state index contributed by atoms with van der Waals surface area (Å²) in [5, 5.41) is 6.63. The second-order valence-electron chi connectivity index (χ2n) is 5.74. The summed E-state index contributed by atoms with van der Waals surface area (Å²) in [6, 6.07) is 9.70. The van der Waals surface area contributed by atoms with E-state index in [0.29, 0.717) is 32.2 Å². The fourth-order valence-corrected chi connectivity index (χ4v) is 2.76. The first-order chi connectivity index (χ1) is 12.8. The van der Waals surface area contributed by atoms with Crippen molar-refractivity contribution in [3.8, 4) is 5.75 Å². The minimum Gasteiger partial charge on any atom is -0.495 e. The van der Waals surface area contributed by atoms with Gasteiger partial charge in [-0.25, -0.2) is 0 Å². The standard InChI is InChI=1S/C18H18Cl3N3O3/c1-24(9-17(25)22-12-4-5-13(20)14(21)8-12)10-18(26)23-15-7-11(19)3-6-16(15)27-2/h3-8H,9-10H2,1-2H3,(H,22,25)(H,23,26). The number of nitrogens with zero attached hydrogens (tertiary/aromatic N) is 1. The van der Waals surface area contributed by atoms with E-state index in [9.17, 15) is 9.59 Å². The van der Waals surface area contributed by atoms with Gasteiger partial charge in [-0.2, -0.15) is 0 Å². The molecule has 6 nitrogen and oxygen atoms in total. The highest BCUT2D eigenvalue weighted by Gasteiger charge is 2.13. The maximum Gasteiger partial charge on any atom is 0.238 e. The third kappa shape index (κ3) is 6.59. The Kier molecular flexibility index (Phi) is 7.74. The maximum absolute atomic E-state index is 12.2. The predicted molar refractivity (Wildman–Crippen MR) is 109 cm³/mol. The van der Waals surface area contributed by atoms with Crippen LogP contribution in [0.15, 0.2) is 36.4 Å². The zero-order valence-electron chi connectivity index (χ0n) is 14.7. The number of ether oxygens (including phenoxy) is 1.